The highest BCUT2D eigenvalue weighted by Gasteiger charge is 2.41. The fourth-order valence-electron chi connectivity index (χ4n) is 4.47. The maximum Gasteiger partial charge on any atom is 0.418 e. The van der Waals surface area contributed by atoms with Gasteiger partial charge in [-0.1, -0.05) is 11.6 Å². The van der Waals surface area contributed by atoms with Gasteiger partial charge in [0.25, 0.3) is 5.91 Å². The SMILES string of the molecule is Cc1cc(N)nc(-c2cc3ncnc(N4CCN(C(=O)C5CO5)C(C#N)C4)c3cc2Cl)c1C(F)(F)F. The lowest BCUT2D eigenvalue weighted by Gasteiger charge is -2.38. The minimum atomic E-state index is -4.68. The Bertz CT molecular complexity index is 1420. The lowest BCUT2D eigenvalue weighted by molar-refractivity contribution is -0.137. The number of halogens is 4. The third-order valence-electron chi connectivity index (χ3n) is 6.20. The quantitative estimate of drug-likeness (QED) is 0.525. The van der Waals surface area contributed by atoms with Crippen LogP contribution in [0.4, 0.5) is 24.8 Å². The molecule has 2 unspecified atom stereocenters. The number of piperazine rings is 1. The molecule has 2 aliphatic rings. The average Bonchev–Trinajstić information content (AvgIpc) is 3.66. The van der Waals surface area contributed by atoms with Crippen molar-refractivity contribution in [2.45, 2.75) is 25.2 Å². The first-order chi connectivity index (χ1) is 17.1. The molecule has 2 fully saturated rings. The summed E-state index contributed by atoms with van der Waals surface area (Å²) in [6.07, 6.45) is -3.88. The van der Waals surface area contributed by atoms with E-state index < -0.39 is 23.9 Å². The first-order valence-electron chi connectivity index (χ1n) is 10.9. The molecular weight excluding hydrogens is 499 g/mol. The number of carbonyl (C=O) groups is 1. The van der Waals surface area contributed by atoms with Crippen molar-refractivity contribution in [2.24, 2.45) is 0 Å². The second-order valence-corrected chi connectivity index (χ2v) is 8.98. The number of aromatic nitrogens is 3. The first-order valence-corrected chi connectivity index (χ1v) is 11.3. The molecule has 5 rings (SSSR count). The second kappa shape index (κ2) is 8.76. The highest BCUT2D eigenvalue weighted by molar-refractivity contribution is 6.34. The Kier molecular flexibility index (Phi) is 5.84. The Morgan fingerprint density at radius 3 is 2.69 bits per heavy atom. The van der Waals surface area contributed by atoms with E-state index >= 15 is 0 Å². The van der Waals surface area contributed by atoms with Crippen molar-refractivity contribution in [3.63, 3.8) is 0 Å². The van der Waals surface area contributed by atoms with Crippen molar-refractivity contribution in [1.82, 2.24) is 19.9 Å². The number of nitrogen functional groups attached to an aromatic ring is 1. The highest BCUT2D eigenvalue weighted by atomic mass is 35.5. The molecule has 2 aromatic heterocycles. The second-order valence-electron chi connectivity index (χ2n) is 8.58. The summed E-state index contributed by atoms with van der Waals surface area (Å²) < 4.78 is 46.7. The summed E-state index contributed by atoms with van der Waals surface area (Å²) in [4.78, 5) is 28.3. The lowest BCUT2D eigenvalue weighted by atomic mass is 9.99. The molecule has 0 bridgehead atoms. The van der Waals surface area contributed by atoms with Crippen LogP contribution in [0.25, 0.3) is 22.2 Å². The number of hydrogen-bond donors (Lipinski definition) is 1. The Hall–Kier alpha value is -3.69. The predicted molar refractivity (Wildman–Crippen MR) is 125 cm³/mol. The number of alkyl halides is 3. The first kappa shape index (κ1) is 24.0. The number of nitrogens with two attached hydrogens (primary N) is 1. The molecule has 3 aromatic rings. The van der Waals surface area contributed by atoms with E-state index in [1.165, 1.54) is 30.3 Å². The van der Waals surface area contributed by atoms with E-state index in [0.29, 0.717) is 29.9 Å². The van der Waals surface area contributed by atoms with Crippen molar-refractivity contribution < 1.29 is 22.7 Å². The van der Waals surface area contributed by atoms with Crippen LogP contribution in [0.5, 0.6) is 0 Å². The Morgan fingerprint density at radius 1 is 1.28 bits per heavy atom. The number of epoxide rings is 1. The van der Waals surface area contributed by atoms with Crippen molar-refractivity contribution in [2.75, 3.05) is 36.9 Å². The van der Waals surface area contributed by atoms with E-state index in [0.717, 1.165) is 6.07 Å². The highest BCUT2D eigenvalue weighted by Crippen LogP contribution is 2.42. The van der Waals surface area contributed by atoms with Gasteiger partial charge in [-0.15, -0.1) is 0 Å². The zero-order chi connectivity index (χ0) is 25.8. The van der Waals surface area contributed by atoms with Crippen LogP contribution in [-0.4, -0.2) is 64.1 Å². The monoisotopic (exact) mass is 517 g/mol. The molecule has 1 aromatic carbocycles. The van der Waals surface area contributed by atoms with Crippen LogP contribution < -0.4 is 10.6 Å². The summed E-state index contributed by atoms with van der Waals surface area (Å²) in [6.45, 7) is 2.53. The van der Waals surface area contributed by atoms with E-state index in [9.17, 15) is 23.2 Å². The summed E-state index contributed by atoms with van der Waals surface area (Å²) in [6, 6.07) is 5.50. The number of rotatable bonds is 3. The van der Waals surface area contributed by atoms with E-state index in [2.05, 4.69) is 21.0 Å². The van der Waals surface area contributed by atoms with Crippen LogP contribution in [0, 0.1) is 18.3 Å². The molecule has 36 heavy (non-hydrogen) atoms. The van der Waals surface area contributed by atoms with Gasteiger partial charge in [-0.2, -0.15) is 18.4 Å². The normalized spacial score (nSPS) is 19.9. The molecule has 0 aliphatic carbocycles. The van der Waals surface area contributed by atoms with Crippen molar-refractivity contribution in [3.05, 3.63) is 40.7 Å². The maximum atomic E-state index is 13.9. The number of carbonyl (C=O) groups excluding carboxylic acids is 1. The molecule has 13 heteroatoms. The fourth-order valence-corrected chi connectivity index (χ4v) is 4.73. The van der Waals surface area contributed by atoms with Crippen LogP contribution in [0.3, 0.4) is 0 Å². The van der Waals surface area contributed by atoms with Crippen LogP contribution in [0.2, 0.25) is 5.02 Å². The number of pyridine rings is 1. The Morgan fingerprint density at radius 2 is 2.03 bits per heavy atom. The number of anilines is 2. The molecule has 0 spiro atoms. The maximum absolute atomic E-state index is 13.9. The van der Waals surface area contributed by atoms with Crippen LogP contribution in [0.1, 0.15) is 11.1 Å². The molecule has 186 valence electrons. The largest absolute Gasteiger partial charge is 0.418 e. The van der Waals surface area contributed by atoms with E-state index in [1.54, 1.807) is 0 Å². The topological polar surface area (TPSA) is 125 Å². The van der Waals surface area contributed by atoms with Gasteiger partial charge in [0.15, 0.2) is 6.10 Å². The fraction of sp³-hybridized carbons (Fsp3) is 0.348. The van der Waals surface area contributed by atoms with Gasteiger partial charge in [0.05, 0.1) is 41.0 Å². The molecule has 2 atom stereocenters. The third-order valence-corrected chi connectivity index (χ3v) is 6.51. The molecule has 2 aliphatic heterocycles. The number of fused-ring (bicyclic) bond motifs is 1. The summed E-state index contributed by atoms with van der Waals surface area (Å²) in [5.74, 6) is 0.171. The zero-order valence-corrected chi connectivity index (χ0v) is 19.6. The third kappa shape index (κ3) is 4.25. The van der Waals surface area contributed by atoms with Gasteiger partial charge >= 0.3 is 6.18 Å². The summed E-state index contributed by atoms with van der Waals surface area (Å²) >= 11 is 6.50. The minimum absolute atomic E-state index is 0.0121. The van der Waals surface area contributed by atoms with Gasteiger partial charge in [0.1, 0.15) is 24.0 Å². The van der Waals surface area contributed by atoms with Crippen molar-refractivity contribution in [3.8, 4) is 17.3 Å². The molecule has 0 radical (unpaired) electrons. The molecule has 1 amide bonds. The van der Waals surface area contributed by atoms with Crippen molar-refractivity contribution >= 4 is 40.0 Å². The summed E-state index contributed by atoms with van der Waals surface area (Å²) in [5, 5.41) is 10.2. The van der Waals surface area contributed by atoms with Crippen molar-refractivity contribution in [1.29, 1.82) is 5.26 Å². The minimum Gasteiger partial charge on any atom is -0.384 e. The number of hydrogen-bond acceptors (Lipinski definition) is 8. The molecule has 2 N–H and O–H groups in total. The molecule has 0 saturated carbocycles. The number of ether oxygens (including phenoxy) is 1. The number of amides is 1. The molecule has 9 nitrogen and oxygen atoms in total. The number of nitrogens with zero attached hydrogens (tertiary/aromatic N) is 6. The molecule has 4 heterocycles. The Balaban J connectivity index is 1.55. The lowest BCUT2D eigenvalue weighted by Crippen LogP contribution is -2.56. The van der Waals surface area contributed by atoms with Gasteiger partial charge in [-0.05, 0) is 30.7 Å². The molecule has 2 saturated heterocycles. The van der Waals surface area contributed by atoms with E-state index in [-0.39, 0.29) is 46.7 Å². The standard InChI is InChI=1S/C23H19ClF3N7O2/c1-11-4-18(29)32-20(19(11)23(25,26)27)13-6-16-14(5-15(13)24)21(31-10-30-16)33-2-3-34(12(7-28)8-33)22(35)17-9-36-17/h4-6,10,12,17H,2-3,8-9H2,1H3,(H2,29,32). The van der Waals surface area contributed by atoms with Crippen LogP contribution in [-0.2, 0) is 15.7 Å². The summed E-state index contributed by atoms with van der Waals surface area (Å²) in [7, 11) is 0. The van der Waals surface area contributed by atoms with E-state index in [1.807, 2.05) is 4.90 Å². The smallest absolute Gasteiger partial charge is 0.384 e. The van der Waals surface area contributed by atoms with Gasteiger partial charge in [0.2, 0.25) is 0 Å². The summed E-state index contributed by atoms with van der Waals surface area (Å²) in [5.41, 5.74) is 4.75. The Labute approximate surface area is 208 Å². The van der Waals surface area contributed by atoms with Gasteiger partial charge in [-0.3, -0.25) is 4.79 Å². The predicted octanol–water partition coefficient (Wildman–Crippen LogP) is 3.19. The van der Waals surface area contributed by atoms with Gasteiger partial charge in [-0.25, -0.2) is 15.0 Å². The van der Waals surface area contributed by atoms with Crippen LogP contribution in [0.15, 0.2) is 24.5 Å². The number of aryl methyl sites for hydroxylation is 1. The van der Waals surface area contributed by atoms with Gasteiger partial charge < -0.3 is 20.3 Å². The molecular formula is C23H19ClF3N7O2. The van der Waals surface area contributed by atoms with E-state index in [4.69, 9.17) is 22.1 Å². The van der Waals surface area contributed by atoms with Crippen LogP contribution >= 0.6 is 11.6 Å². The number of benzene rings is 1. The zero-order valence-electron chi connectivity index (χ0n) is 18.9. The number of nitriles is 1. The van der Waals surface area contributed by atoms with Gasteiger partial charge in [0, 0.05) is 24.0 Å². The average molecular weight is 518 g/mol.